The first-order chi connectivity index (χ1) is 11.6. The third kappa shape index (κ3) is 1.70. The topological polar surface area (TPSA) is 88.1 Å². The Bertz CT molecular complexity index is 789. The Labute approximate surface area is 137 Å². The van der Waals surface area contributed by atoms with E-state index in [1.54, 1.807) is 11.0 Å². The van der Waals surface area contributed by atoms with Gasteiger partial charge in [0.1, 0.15) is 5.60 Å². The maximum Gasteiger partial charge on any atom is 0.231 e. The van der Waals surface area contributed by atoms with Gasteiger partial charge in [-0.05, 0) is 17.7 Å². The van der Waals surface area contributed by atoms with Gasteiger partial charge in [0.05, 0.1) is 18.6 Å². The molecule has 5 rings (SSSR count). The largest absolute Gasteiger partial charge is 0.550 e. The first kappa shape index (κ1) is 13.9. The summed E-state index contributed by atoms with van der Waals surface area (Å²) in [6.45, 7) is 0.914. The monoisotopic (exact) mass is 328 g/mol. The molecule has 4 atom stereocenters. The number of hydrogen-bond acceptors (Lipinski definition) is 6. The second-order valence-corrected chi connectivity index (χ2v) is 6.60. The molecule has 4 aliphatic rings. The average molecular weight is 328 g/mol. The fourth-order valence-corrected chi connectivity index (χ4v) is 4.24. The van der Waals surface area contributed by atoms with Crippen molar-refractivity contribution in [1.82, 2.24) is 4.90 Å². The molecule has 7 nitrogen and oxygen atoms in total. The van der Waals surface area contributed by atoms with Crippen LogP contribution in [0.1, 0.15) is 5.56 Å². The summed E-state index contributed by atoms with van der Waals surface area (Å²) in [7, 11) is 0. The molecule has 0 saturated carbocycles. The second kappa shape index (κ2) is 4.51. The molecule has 1 amide bonds. The Kier molecular flexibility index (Phi) is 2.60. The van der Waals surface area contributed by atoms with Gasteiger partial charge >= 0.3 is 0 Å². The van der Waals surface area contributed by atoms with Gasteiger partial charge in [0, 0.05) is 18.4 Å². The van der Waals surface area contributed by atoms with Crippen LogP contribution in [0.15, 0.2) is 30.4 Å². The van der Waals surface area contributed by atoms with Gasteiger partial charge in [-0.3, -0.25) is 4.79 Å². The Hall–Kier alpha value is -2.54. The summed E-state index contributed by atoms with van der Waals surface area (Å²) in [6, 6.07) is 5.52. The van der Waals surface area contributed by atoms with Crippen LogP contribution in [-0.2, 0) is 20.9 Å². The van der Waals surface area contributed by atoms with E-state index in [-0.39, 0.29) is 12.7 Å². The van der Waals surface area contributed by atoms with E-state index in [1.165, 1.54) is 0 Å². The van der Waals surface area contributed by atoms with Crippen LogP contribution in [0.4, 0.5) is 0 Å². The van der Waals surface area contributed by atoms with Crippen LogP contribution < -0.4 is 14.6 Å². The summed E-state index contributed by atoms with van der Waals surface area (Å²) in [6.07, 6.45) is 3.00. The lowest BCUT2D eigenvalue weighted by atomic mass is 9.77. The minimum Gasteiger partial charge on any atom is -0.550 e. The predicted octanol–water partition coefficient (Wildman–Crippen LogP) is -0.553. The van der Waals surface area contributed by atoms with E-state index >= 15 is 0 Å². The molecule has 1 aromatic carbocycles. The summed E-state index contributed by atoms with van der Waals surface area (Å²) in [4.78, 5) is 25.9. The highest BCUT2D eigenvalue weighted by atomic mass is 16.7. The van der Waals surface area contributed by atoms with Crippen molar-refractivity contribution in [1.29, 1.82) is 0 Å². The zero-order valence-electron chi connectivity index (χ0n) is 12.6. The Balaban J connectivity index is 1.42. The van der Waals surface area contributed by atoms with Crippen molar-refractivity contribution in [2.45, 2.75) is 18.2 Å². The third-order valence-electron chi connectivity index (χ3n) is 5.26. The maximum absolute atomic E-state index is 12.8. The van der Waals surface area contributed by atoms with Gasteiger partial charge in [0.2, 0.25) is 12.7 Å². The summed E-state index contributed by atoms with van der Waals surface area (Å²) in [5.41, 5.74) is 0.0653. The number of likely N-dealkylation sites (tertiary alicyclic amines) is 1. The smallest absolute Gasteiger partial charge is 0.231 e. The van der Waals surface area contributed by atoms with Gasteiger partial charge in [-0.1, -0.05) is 18.2 Å². The second-order valence-electron chi connectivity index (χ2n) is 6.60. The normalized spacial score (nSPS) is 34.9. The highest BCUT2D eigenvalue weighted by molar-refractivity contribution is 5.90. The number of fused-ring (bicyclic) bond motifs is 2. The Morgan fingerprint density at radius 3 is 3.00 bits per heavy atom. The van der Waals surface area contributed by atoms with Gasteiger partial charge < -0.3 is 29.0 Å². The fraction of sp³-hybridized carbons (Fsp3) is 0.412. The van der Waals surface area contributed by atoms with Gasteiger partial charge in [0.25, 0.3) is 0 Å². The van der Waals surface area contributed by atoms with Crippen LogP contribution in [0.25, 0.3) is 0 Å². The molecule has 7 heteroatoms. The number of nitrogens with zero attached hydrogens (tertiary/aromatic N) is 1. The van der Waals surface area contributed by atoms with Gasteiger partial charge in [0.15, 0.2) is 11.5 Å². The Morgan fingerprint density at radius 2 is 2.17 bits per heavy atom. The number of amides is 1. The summed E-state index contributed by atoms with van der Waals surface area (Å²) >= 11 is 0. The number of carbonyl (C=O) groups is 2. The van der Waals surface area contributed by atoms with Crippen LogP contribution in [0, 0.1) is 11.8 Å². The standard InChI is InChI=1S/C17H15NO6/c19-15-14-13(16(20)21)11-3-4-17(14,24-11)7-18(15)6-9-1-2-10-12(5-9)23-8-22-10/h1-5,11,13-14H,6-8H2,(H,20,21)/p-1/t11-,13-,14+,17-/m1/s1. The lowest BCUT2D eigenvalue weighted by Gasteiger charge is -2.24. The van der Waals surface area contributed by atoms with E-state index in [2.05, 4.69) is 0 Å². The summed E-state index contributed by atoms with van der Waals surface area (Å²) in [5, 5.41) is 11.4. The number of benzene rings is 1. The van der Waals surface area contributed by atoms with E-state index < -0.39 is 29.5 Å². The maximum atomic E-state index is 12.8. The molecule has 2 fully saturated rings. The van der Waals surface area contributed by atoms with E-state index in [1.807, 2.05) is 24.3 Å². The number of carboxylic acids is 1. The molecule has 1 aromatic rings. The molecular weight excluding hydrogens is 314 g/mol. The lowest BCUT2D eigenvalue weighted by molar-refractivity contribution is -0.313. The van der Waals surface area contributed by atoms with Crippen LogP contribution in [0.5, 0.6) is 11.5 Å². The van der Waals surface area contributed by atoms with Crippen molar-refractivity contribution in [3.63, 3.8) is 0 Å². The first-order valence-electron chi connectivity index (χ1n) is 7.83. The van der Waals surface area contributed by atoms with Crippen LogP contribution in [0.3, 0.4) is 0 Å². The molecule has 24 heavy (non-hydrogen) atoms. The van der Waals surface area contributed by atoms with Crippen molar-refractivity contribution in [3.05, 3.63) is 35.9 Å². The highest BCUT2D eigenvalue weighted by Gasteiger charge is 2.65. The molecule has 124 valence electrons. The molecule has 2 bridgehead atoms. The minimum atomic E-state index is -1.23. The molecule has 0 aromatic heterocycles. The van der Waals surface area contributed by atoms with E-state index in [0.717, 1.165) is 5.56 Å². The highest BCUT2D eigenvalue weighted by Crippen LogP contribution is 2.51. The predicted molar refractivity (Wildman–Crippen MR) is 76.7 cm³/mol. The number of carbonyl (C=O) groups excluding carboxylic acids is 2. The molecule has 1 spiro atoms. The average Bonchev–Trinajstić information content (AvgIpc) is 3.28. The number of hydrogen-bond donors (Lipinski definition) is 0. The zero-order valence-corrected chi connectivity index (χ0v) is 12.6. The van der Waals surface area contributed by atoms with Gasteiger partial charge in [-0.15, -0.1) is 0 Å². The Morgan fingerprint density at radius 1 is 1.33 bits per heavy atom. The first-order valence-corrected chi connectivity index (χ1v) is 7.83. The summed E-state index contributed by atoms with van der Waals surface area (Å²) < 4.78 is 16.5. The van der Waals surface area contributed by atoms with Gasteiger partial charge in [-0.2, -0.15) is 0 Å². The number of carboxylic acid groups (broad SMARTS) is 1. The van der Waals surface area contributed by atoms with Crippen molar-refractivity contribution >= 4 is 11.9 Å². The SMILES string of the molecule is O=C([O-])[C@H]1[C@H]2C(=O)N(Cc3ccc4c(c3)OCO4)C[C@]23C=C[C@H]1O3. The van der Waals surface area contributed by atoms with Crippen molar-refractivity contribution in [2.75, 3.05) is 13.3 Å². The zero-order chi connectivity index (χ0) is 16.5. The van der Waals surface area contributed by atoms with Crippen molar-refractivity contribution in [3.8, 4) is 11.5 Å². The minimum absolute atomic E-state index is 0.194. The van der Waals surface area contributed by atoms with Crippen LogP contribution in [-0.4, -0.2) is 41.8 Å². The molecular formula is C17H14NO6-. The van der Waals surface area contributed by atoms with Crippen LogP contribution >= 0.6 is 0 Å². The lowest BCUT2D eigenvalue weighted by Crippen LogP contribution is -2.45. The summed E-state index contributed by atoms with van der Waals surface area (Å²) in [5.74, 6) is -1.70. The molecule has 2 saturated heterocycles. The van der Waals surface area contributed by atoms with Crippen molar-refractivity contribution in [2.24, 2.45) is 11.8 Å². The van der Waals surface area contributed by atoms with Crippen molar-refractivity contribution < 1.29 is 28.9 Å². The van der Waals surface area contributed by atoms with E-state index in [4.69, 9.17) is 14.2 Å². The molecule has 0 aliphatic carbocycles. The molecule has 0 radical (unpaired) electrons. The molecule has 0 N–H and O–H groups in total. The molecule has 4 heterocycles. The van der Waals surface area contributed by atoms with E-state index in [9.17, 15) is 14.7 Å². The fourth-order valence-electron chi connectivity index (χ4n) is 4.24. The number of rotatable bonds is 3. The quantitative estimate of drug-likeness (QED) is 0.692. The van der Waals surface area contributed by atoms with E-state index in [0.29, 0.717) is 24.6 Å². The van der Waals surface area contributed by atoms with Gasteiger partial charge in [-0.25, -0.2) is 0 Å². The number of aliphatic carboxylic acids is 1. The molecule has 0 unspecified atom stereocenters. The van der Waals surface area contributed by atoms with Crippen LogP contribution in [0.2, 0.25) is 0 Å². The third-order valence-corrected chi connectivity index (χ3v) is 5.26. The number of ether oxygens (including phenoxy) is 3. The molecule has 4 aliphatic heterocycles.